The van der Waals surface area contributed by atoms with E-state index >= 15 is 0 Å². The molecule has 0 unspecified atom stereocenters. The zero-order valence-corrected chi connectivity index (χ0v) is 10.8. The SMILES string of the molecule is CCNc1cccc(C(=O)NCCc2ncc[nH]2)n1. The van der Waals surface area contributed by atoms with Gasteiger partial charge in [0.05, 0.1) is 0 Å². The van der Waals surface area contributed by atoms with Gasteiger partial charge in [-0.05, 0) is 19.1 Å². The highest BCUT2D eigenvalue weighted by atomic mass is 16.1. The van der Waals surface area contributed by atoms with Gasteiger partial charge in [0.25, 0.3) is 5.91 Å². The highest BCUT2D eigenvalue weighted by Gasteiger charge is 2.07. The first kappa shape index (κ1) is 13.1. The van der Waals surface area contributed by atoms with E-state index in [1.54, 1.807) is 18.5 Å². The number of amides is 1. The summed E-state index contributed by atoms with van der Waals surface area (Å²) in [5.41, 5.74) is 0.415. The van der Waals surface area contributed by atoms with Crippen LogP contribution in [0.3, 0.4) is 0 Å². The van der Waals surface area contributed by atoms with Crippen molar-refractivity contribution in [2.24, 2.45) is 0 Å². The largest absolute Gasteiger partial charge is 0.370 e. The van der Waals surface area contributed by atoms with E-state index in [0.717, 1.165) is 12.4 Å². The Kier molecular flexibility index (Phi) is 4.49. The van der Waals surface area contributed by atoms with Crippen LogP contribution in [0.5, 0.6) is 0 Å². The highest BCUT2D eigenvalue weighted by molar-refractivity contribution is 5.92. The topological polar surface area (TPSA) is 82.7 Å². The van der Waals surface area contributed by atoms with Crippen LogP contribution in [0, 0.1) is 0 Å². The molecule has 6 nitrogen and oxygen atoms in total. The number of nitrogens with one attached hydrogen (secondary N) is 3. The van der Waals surface area contributed by atoms with Crippen LogP contribution in [-0.4, -0.2) is 33.9 Å². The summed E-state index contributed by atoms with van der Waals surface area (Å²) in [5.74, 6) is 1.39. The molecule has 3 N–H and O–H groups in total. The molecule has 2 aromatic heterocycles. The van der Waals surface area contributed by atoms with E-state index in [9.17, 15) is 4.79 Å². The number of carbonyl (C=O) groups excluding carboxylic acids is 1. The molecule has 2 rings (SSSR count). The third-order valence-electron chi connectivity index (χ3n) is 2.54. The van der Waals surface area contributed by atoms with Crippen molar-refractivity contribution >= 4 is 11.7 Å². The summed E-state index contributed by atoms with van der Waals surface area (Å²) in [6.45, 7) is 3.29. The maximum Gasteiger partial charge on any atom is 0.269 e. The second kappa shape index (κ2) is 6.53. The van der Waals surface area contributed by atoms with Gasteiger partial charge >= 0.3 is 0 Å². The van der Waals surface area contributed by atoms with Gasteiger partial charge in [0.1, 0.15) is 17.3 Å². The van der Waals surface area contributed by atoms with Crippen molar-refractivity contribution in [3.8, 4) is 0 Å². The third kappa shape index (κ3) is 3.80. The first-order valence-corrected chi connectivity index (χ1v) is 6.27. The van der Waals surface area contributed by atoms with Gasteiger partial charge in [-0.1, -0.05) is 6.07 Å². The van der Waals surface area contributed by atoms with Gasteiger partial charge in [-0.15, -0.1) is 0 Å². The molecule has 0 saturated heterocycles. The molecule has 2 heterocycles. The summed E-state index contributed by atoms with van der Waals surface area (Å²) in [4.78, 5) is 23.2. The number of nitrogens with zero attached hydrogens (tertiary/aromatic N) is 2. The van der Waals surface area contributed by atoms with Crippen LogP contribution in [0.4, 0.5) is 5.82 Å². The number of hydrogen-bond donors (Lipinski definition) is 3. The number of aromatic amines is 1. The van der Waals surface area contributed by atoms with Gasteiger partial charge in [-0.2, -0.15) is 0 Å². The van der Waals surface area contributed by atoms with Crippen molar-refractivity contribution in [3.05, 3.63) is 42.1 Å². The molecule has 0 saturated carbocycles. The molecule has 0 aliphatic heterocycles. The number of rotatable bonds is 6. The summed E-state index contributed by atoms with van der Waals surface area (Å²) in [7, 11) is 0. The summed E-state index contributed by atoms with van der Waals surface area (Å²) in [5, 5.41) is 5.89. The van der Waals surface area contributed by atoms with Crippen LogP contribution < -0.4 is 10.6 Å². The van der Waals surface area contributed by atoms with Crippen molar-refractivity contribution < 1.29 is 4.79 Å². The number of imidazole rings is 1. The lowest BCUT2D eigenvalue weighted by Gasteiger charge is -2.06. The fourth-order valence-electron chi connectivity index (χ4n) is 1.66. The van der Waals surface area contributed by atoms with E-state index in [2.05, 4.69) is 25.6 Å². The molecule has 0 bridgehead atoms. The monoisotopic (exact) mass is 259 g/mol. The van der Waals surface area contributed by atoms with Crippen LogP contribution in [0.15, 0.2) is 30.6 Å². The fourth-order valence-corrected chi connectivity index (χ4v) is 1.66. The smallest absolute Gasteiger partial charge is 0.269 e. The molecule has 0 radical (unpaired) electrons. The van der Waals surface area contributed by atoms with Crippen molar-refractivity contribution in [1.29, 1.82) is 0 Å². The Hall–Kier alpha value is -2.37. The van der Waals surface area contributed by atoms with E-state index < -0.39 is 0 Å². The van der Waals surface area contributed by atoms with Crippen molar-refractivity contribution in [2.75, 3.05) is 18.4 Å². The Morgan fingerprint density at radius 2 is 2.32 bits per heavy atom. The molecule has 0 spiro atoms. The first-order chi connectivity index (χ1) is 9.29. The molecule has 19 heavy (non-hydrogen) atoms. The predicted molar refractivity (Wildman–Crippen MR) is 73.0 cm³/mol. The van der Waals surface area contributed by atoms with Crippen LogP contribution >= 0.6 is 0 Å². The van der Waals surface area contributed by atoms with Gasteiger partial charge < -0.3 is 15.6 Å². The molecule has 0 atom stereocenters. The second-order valence-corrected chi connectivity index (χ2v) is 3.98. The zero-order valence-electron chi connectivity index (χ0n) is 10.8. The Morgan fingerprint density at radius 3 is 3.05 bits per heavy atom. The van der Waals surface area contributed by atoms with Crippen LogP contribution in [-0.2, 0) is 6.42 Å². The zero-order chi connectivity index (χ0) is 13.5. The summed E-state index contributed by atoms with van der Waals surface area (Å²) in [6, 6.07) is 5.35. The fraction of sp³-hybridized carbons (Fsp3) is 0.308. The lowest BCUT2D eigenvalue weighted by molar-refractivity contribution is 0.0949. The number of pyridine rings is 1. The second-order valence-electron chi connectivity index (χ2n) is 3.98. The lowest BCUT2D eigenvalue weighted by Crippen LogP contribution is -2.27. The van der Waals surface area contributed by atoms with Crippen LogP contribution in [0.2, 0.25) is 0 Å². The molecule has 0 aliphatic carbocycles. The highest BCUT2D eigenvalue weighted by Crippen LogP contribution is 2.04. The van der Waals surface area contributed by atoms with E-state index in [1.807, 2.05) is 19.1 Å². The summed E-state index contributed by atoms with van der Waals surface area (Å²) >= 11 is 0. The quantitative estimate of drug-likeness (QED) is 0.728. The molecular weight excluding hydrogens is 242 g/mol. The van der Waals surface area contributed by atoms with E-state index in [1.165, 1.54) is 0 Å². The lowest BCUT2D eigenvalue weighted by atomic mass is 10.3. The van der Waals surface area contributed by atoms with Crippen molar-refractivity contribution in [1.82, 2.24) is 20.3 Å². The standard InChI is InChI=1S/C13H17N5O/c1-2-14-12-5-3-4-10(18-12)13(19)17-7-6-11-15-8-9-16-11/h3-5,8-9H,2,6-7H2,1H3,(H,14,18)(H,15,16)(H,17,19). The van der Waals surface area contributed by atoms with E-state index in [-0.39, 0.29) is 5.91 Å². The van der Waals surface area contributed by atoms with Gasteiger partial charge in [0, 0.05) is 31.9 Å². The maximum atomic E-state index is 11.9. The van der Waals surface area contributed by atoms with Crippen LogP contribution in [0.25, 0.3) is 0 Å². The van der Waals surface area contributed by atoms with Gasteiger partial charge in [0.2, 0.25) is 0 Å². The minimum atomic E-state index is -0.175. The van der Waals surface area contributed by atoms with Crippen molar-refractivity contribution in [3.63, 3.8) is 0 Å². The van der Waals surface area contributed by atoms with Gasteiger partial charge in [0.15, 0.2) is 0 Å². The molecule has 0 aromatic carbocycles. The molecule has 1 amide bonds. The summed E-state index contributed by atoms with van der Waals surface area (Å²) < 4.78 is 0. The summed E-state index contributed by atoms with van der Waals surface area (Å²) in [6.07, 6.45) is 4.13. The normalized spacial score (nSPS) is 10.2. The predicted octanol–water partition coefficient (Wildman–Crippen LogP) is 1.21. The molecule has 0 fully saturated rings. The number of carbonyl (C=O) groups is 1. The minimum absolute atomic E-state index is 0.175. The molecule has 2 aromatic rings. The molecule has 0 aliphatic rings. The molecule has 6 heteroatoms. The van der Waals surface area contributed by atoms with E-state index in [0.29, 0.717) is 24.5 Å². The Labute approximate surface area is 111 Å². The number of H-pyrrole nitrogens is 1. The van der Waals surface area contributed by atoms with Gasteiger partial charge in [-0.3, -0.25) is 4.79 Å². The van der Waals surface area contributed by atoms with Gasteiger partial charge in [-0.25, -0.2) is 9.97 Å². The van der Waals surface area contributed by atoms with Crippen molar-refractivity contribution in [2.45, 2.75) is 13.3 Å². The Morgan fingerprint density at radius 1 is 1.42 bits per heavy atom. The number of hydrogen-bond acceptors (Lipinski definition) is 4. The Bertz CT molecular complexity index is 524. The third-order valence-corrected chi connectivity index (χ3v) is 2.54. The van der Waals surface area contributed by atoms with E-state index in [4.69, 9.17) is 0 Å². The minimum Gasteiger partial charge on any atom is -0.370 e. The molecule has 100 valence electrons. The first-order valence-electron chi connectivity index (χ1n) is 6.27. The maximum absolute atomic E-state index is 11.9. The van der Waals surface area contributed by atoms with Crippen LogP contribution in [0.1, 0.15) is 23.2 Å². The average Bonchev–Trinajstić information content (AvgIpc) is 2.92. The number of anilines is 1. The molecular formula is C13H17N5O. The average molecular weight is 259 g/mol. The Balaban J connectivity index is 1.87. The number of aromatic nitrogens is 3.